The van der Waals surface area contributed by atoms with Gasteiger partial charge in [0, 0.05) is 24.5 Å². The van der Waals surface area contributed by atoms with Gasteiger partial charge in [-0.25, -0.2) is 4.98 Å². The summed E-state index contributed by atoms with van der Waals surface area (Å²) in [6.07, 6.45) is 5.67. The molecule has 0 fully saturated rings. The number of allylic oxidation sites excluding steroid dienone is 1. The van der Waals surface area contributed by atoms with E-state index in [4.69, 9.17) is 0 Å². The van der Waals surface area contributed by atoms with Crippen LogP contribution in [0.25, 0.3) is 11.4 Å². The van der Waals surface area contributed by atoms with E-state index in [-0.39, 0.29) is 0 Å². The predicted molar refractivity (Wildman–Crippen MR) is 62.6 cm³/mol. The number of hydrogen-bond acceptors (Lipinski definition) is 1. The summed E-state index contributed by atoms with van der Waals surface area (Å²) in [7, 11) is 0. The van der Waals surface area contributed by atoms with Crippen molar-refractivity contribution in [3.05, 3.63) is 54.9 Å². The highest BCUT2D eigenvalue weighted by molar-refractivity contribution is 5.56. The first-order chi connectivity index (χ1) is 7.31. The second kappa shape index (κ2) is 4.13. The number of imidazole rings is 1. The van der Waals surface area contributed by atoms with Crippen LogP contribution in [0, 0.1) is 6.92 Å². The van der Waals surface area contributed by atoms with Gasteiger partial charge in [0.05, 0.1) is 0 Å². The number of nitrogens with zero attached hydrogens (tertiary/aromatic N) is 2. The van der Waals surface area contributed by atoms with Crippen LogP contribution in [0.3, 0.4) is 0 Å². The Labute approximate surface area is 89.9 Å². The summed E-state index contributed by atoms with van der Waals surface area (Å²) in [6.45, 7) is 6.62. The molecule has 1 aromatic carbocycles. The lowest BCUT2D eigenvalue weighted by molar-refractivity contribution is 0.832. The first-order valence-electron chi connectivity index (χ1n) is 5.00. The molecule has 0 saturated carbocycles. The van der Waals surface area contributed by atoms with Gasteiger partial charge in [0.25, 0.3) is 0 Å². The average Bonchev–Trinajstić information content (AvgIpc) is 2.66. The quantitative estimate of drug-likeness (QED) is 0.693. The summed E-state index contributed by atoms with van der Waals surface area (Å²) in [5, 5.41) is 0. The molecule has 2 aromatic rings. The average molecular weight is 198 g/mol. The lowest BCUT2D eigenvalue weighted by Crippen LogP contribution is -1.96. The monoisotopic (exact) mass is 198 g/mol. The van der Waals surface area contributed by atoms with Crippen LogP contribution in [0.5, 0.6) is 0 Å². The third-order valence-corrected chi connectivity index (χ3v) is 2.32. The molecule has 1 heterocycles. The normalized spacial score (nSPS) is 10.2. The van der Waals surface area contributed by atoms with Gasteiger partial charge in [-0.15, -0.1) is 6.58 Å². The molecule has 0 aliphatic rings. The van der Waals surface area contributed by atoms with Gasteiger partial charge in [-0.2, -0.15) is 0 Å². The lowest BCUT2D eigenvalue weighted by atomic mass is 10.1. The SMILES string of the molecule is C=CCn1ccnc1-c1cccc(C)c1. The Bertz CT molecular complexity index is 469. The lowest BCUT2D eigenvalue weighted by Gasteiger charge is -2.05. The van der Waals surface area contributed by atoms with E-state index >= 15 is 0 Å². The molecule has 0 N–H and O–H groups in total. The Morgan fingerprint density at radius 2 is 2.33 bits per heavy atom. The molecule has 0 unspecified atom stereocenters. The molecule has 2 nitrogen and oxygen atoms in total. The van der Waals surface area contributed by atoms with Crippen molar-refractivity contribution >= 4 is 0 Å². The van der Waals surface area contributed by atoms with Crippen molar-refractivity contribution in [2.24, 2.45) is 0 Å². The highest BCUT2D eigenvalue weighted by atomic mass is 15.1. The van der Waals surface area contributed by atoms with Crippen LogP contribution in [0.1, 0.15) is 5.56 Å². The van der Waals surface area contributed by atoms with Crippen molar-refractivity contribution in [3.8, 4) is 11.4 Å². The zero-order chi connectivity index (χ0) is 10.7. The third kappa shape index (κ3) is 1.99. The molecular weight excluding hydrogens is 184 g/mol. The molecular formula is C13H14N2. The summed E-state index contributed by atoms with van der Waals surface area (Å²) in [5.41, 5.74) is 2.41. The molecule has 0 radical (unpaired) electrons. The minimum absolute atomic E-state index is 0.795. The molecule has 0 amide bonds. The summed E-state index contributed by atoms with van der Waals surface area (Å²) in [5.74, 6) is 0.999. The van der Waals surface area contributed by atoms with Crippen molar-refractivity contribution < 1.29 is 0 Å². The molecule has 0 spiro atoms. The first kappa shape index (κ1) is 9.71. The van der Waals surface area contributed by atoms with E-state index in [0.717, 1.165) is 17.9 Å². The second-order valence-electron chi connectivity index (χ2n) is 3.56. The molecule has 1 aromatic heterocycles. The van der Waals surface area contributed by atoms with Crippen molar-refractivity contribution in [1.29, 1.82) is 0 Å². The number of hydrogen-bond donors (Lipinski definition) is 0. The van der Waals surface area contributed by atoms with E-state index in [9.17, 15) is 0 Å². The third-order valence-electron chi connectivity index (χ3n) is 2.32. The molecule has 0 bridgehead atoms. The highest BCUT2D eigenvalue weighted by Crippen LogP contribution is 2.18. The van der Waals surface area contributed by atoms with Gasteiger partial charge >= 0.3 is 0 Å². The van der Waals surface area contributed by atoms with Crippen molar-refractivity contribution in [2.45, 2.75) is 13.5 Å². The largest absolute Gasteiger partial charge is 0.327 e. The van der Waals surface area contributed by atoms with Gasteiger partial charge in [-0.05, 0) is 13.0 Å². The summed E-state index contributed by atoms with van der Waals surface area (Å²) < 4.78 is 2.09. The minimum Gasteiger partial charge on any atom is -0.327 e. The molecule has 0 aliphatic heterocycles. The van der Waals surface area contributed by atoms with E-state index in [1.807, 2.05) is 18.5 Å². The van der Waals surface area contributed by atoms with Gasteiger partial charge in [-0.1, -0.05) is 29.8 Å². The fraction of sp³-hybridized carbons (Fsp3) is 0.154. The Balaban J connectivity index is 2.44. The van der Waals surface area contributed by atoms with Gasteiger partial charge in [0.1, 0.15) is 5.82 Å². The topological polar surface area (TPSA) is 17.8 Å². The highest BCUT2D eigenvalue weighted by Gasteiger charge is 2.03. The Morgan fingerprint density at radius 3 is 3.07 bits per heavy atom. The van der Waals surface area contributed by atoms with Gasteiger partial charge in [0.15, 0.2) is 0 Å². The zero-order valence-electron chi connectivity index (χ0n) is 8.85. The van der Waals surface area contributed by atoms with Crippen LogP contribution >= 0.6 is 0 Å². The molecule has 2 heteroatoms. The maximum absolute atomic E-state index is 4.36. The van der Waals surface area contributed by atoms with Crippen LogP contribution in [-0.4, -0.2) is 9.55 Å². The molecule has 0 atom stereocenters. The van der Waals surface area contributed by atoms with Crippen molar-refractivity contribution in [2.75, 3.05) is 0 Å². The van der Waals surface area contributed by atoms with E-state index < -0.39 is 0 Å². The smallest absolute Gasteiger partial charge is 0.140 e. The second-order valence-corrected chi connectivity index (χ2v) is 3.56. The summed E-state index contributed by atoms with van der Waals surface area (Å²) in [6, 6.07) is 8.36. The molecule has 0 aliphatic carbocycles. The first-order valence-corrected chi connectivity index (χ1v) is 5.00. The Hall–Kier alpha value is -1.83. The maximum Gasteiger partial charge on any atom is 0.140 e. The predicted octanol–water partition coefficient (Wildman–Crippen LogP) is 3.04. The van der Waals surface area contributed by atoms with Crippen LogP contribution in [0.2, 0.25) is 0 Å². The fourth-order valence-electron chi connectivity index (χ4n) is 1.64. The van der Waals surface area contributed by atoms with Crippen LogP contribution in [0.15, 0.2) is 49.3 Å². The molecule has 0 saturated heterocycles. The Kier molecular flexibility index (Phi) is 2.68. The van der Waals surface area contributed by atoms with Gasteiger partial charge in [-0.3, -0.25) is 0 Å². The van der Waals surface area contributed by atoms with E-state index in [2.05, 4.69) is 47.3 Å². The van der Waals surface area contributed by atoms with E-state index in [0.29, 0.717) is 0 Å². The van der Waals surface area contributed by atoms with E-state index in [1.165, 1.54) is 5.56 Å². The van der Waals surface area contributed by atoms with Crippen LogP contribution < -0.4 is 0 Å². The number of aryl methyl sites for hydroxylation is 1. The molecule has 15 heavy (non-hydrogen) atoms. The number of benzene rings is 1. The summed E-state index contributed by atoms with van der Waals surface area (Å²) in [4.78, 5) is 4.36. The van der Waals surface area contributed by atoms with E-state index in [1.54, 1.807) is 0 Å². The number of aromatic nitrogens is 2. The van der Waals surface area contributed by atoms with Crippen LogP contribution in [0.4, 0.5) is 0 Å². The fourth-order valence-corrected chi connectivity index (χ4v) is 1.64. The molecule has 2 rings (SSSR count). The zero-order valence-corrected chi connectivity index (χ0v) is 8.85. The summed E-state index contributed by atoms with van der Waals surface area (Å²) >= 11 is 0. The van der Waals surface area contributed by atoms with Crippen LogP contribution in [-0.2, 0) is 6.54 Å². The van der Waals surface area contributed by atoms with Crippen molar-refractivity contribution in [3.63, 3.8) is 0 Å². The minimum atomic E-state index is 0.795. The van der Waals surface area contributed by atoms with Gasteiger partial charge < -0.3 is 4.57 Å². The maximum atomic E-state index is 4.36. The van der Waals surface area contributed by atoms with Gasteiger partial charge in [0.2, 0.25) is 0 Å². The Morgan fingerprint density at radius 1 is 1.47 bits per heavy atom. The standard InChI is InChI=1S/C13H14N2/c1-3-8-15-9-7-14-13(15)12-6-4-5-11(2)10-12/h3-7,9-10H,1,8H2,2H3. The van der Waals surface area contributed by atoms with Crippen molar-refractivity contribution in [1.82, 2.24) is 9.55 Å². The number of rotatable bonds is 3. The molecule has 76 valence electrons.